The van der Waals surface area contributed by atoms with E-state index in [9.17, 15) is 0 Å². The first-order valence-electron chi connectivity index (χ1n) is 3.65. The van der Waals surface area contributed by atoms with Gasteiger partial charge in [0.15, 0.2) is 0 Å². The summed E-state index contributed by atoms with van der Waals surface area (Å²) in [7, 11) is -26.9. The van der Waals surface area contributed by atoms with Crippen molar-refractivity contribution in [1.82, 2.24) is 0 Å². The Morgan fingerprint density at radius 3 is 0.265 bits per heavy atom. The molecule has 0 N–H and O–H groups in total. The Morgan fingerprint density at radius 1 is 0.265 bits per heavy atom. The van der Waals surface area contributed by atoms with E-state index in [0.29, 0.717) is 0 Å². The SMILES string of the molecule is O=P([O-])([O-])[O-].O=P([O-])([O-])[O-].O=P([O-])([O-])[O-].O=P([O-])([O-])[O-].O=P([O-])([O-])[O-].[Fe+3].[Fe+3].[Fe+3].[Li+].[Li+].[Li+].[Na+].[Na+].[Na+]. The van der Waals surface area contributed by atoms with Crippen molar-refractivity contribution in [3.8, 4) is 0 Å². The smallest absolute Gasteiger partial charge is 0.822 e. The van der Waals surface area contributed by atoms with E-state index in [-0.39, 0.29) is 196 Å². The maximum atomic E-state index is 8.55. The first kappa shape index (κ1) is 90.0. The molecule has 0 aliphatic carbocycles. The van der Waals surface area contributed by atoms with Gasteiger partial charge in [0.05, 0.1) is 0 Å². The molecule has 0 aliphatic heterocycles. The molecule has 0 aromatic rings. The second kappa shape index (κ2) is 44.3. The van der Waals surface area contributed by atoms with Crippen LogP contribution < -0.4 is 219 Å². The Labute approximate surface area is 326 Å². The van der Waals surface area contributed by atoms with Crippen molar-refractivity contribution in [3.63, 3.8) is 0 Å². The van der Waals surface area contributed by atoms with Crippen LogP contribution in [0.15, 0.2) is 0 Å². The zero-order valence-electron chi connectivity index (χ0n) is 17.5. The molecule has 0 aromatic heterocycles. The molecule has 0 aliphatic rings. The van der Waals surface area contributed by atoms with Crippen LogP contribution in [0.25, 0.3) is 0 Å². The molecule has 0 bridgehead atoms. The molecule has 34 heteroatoms. The zero-order chi connectivity index (χ0) is 22.5. The van der Waals surface area contributed by atoms with Gasteiger partial charge < -0.3 is 96.2 Å². The van der Waals surface area contributed by atoms with Crippen LogP contribution in [0.3, 0.4) is 0 Å². The van der Waals surface area contributed by atoms with Crippen LogP contribution in [0.5, 0.6) is 0 Å². The number of phosphoric acid groups is 5. The largest absolute Gasteiger partial charge is 3.00 e. The molecule has 3 radical (unpaired) electrons. The van der Waals surface area contributed by atoms with Crippen LogP contribution in [0.4, 0.5) is 0 Å². The standard InChI is InChI=1S/3Fe.3Li.3Na.5H3O4P/c;;;;;;;;;5*1-5(2,3)4/h;;;;;;;;;5*(H3,1,2,3,4)/q3*+3;6*+1;;;;;/p-15. The topological polar surface area (TPSA) is 431 Å². The fourth-order valence-electron chi connectivity index (χ4n) is 0. The summed E-state index contributed by atoms with van der Waals surface area (Å²) in [5.74, 6) is 0. The van der Waals surface area contributed by atoms with Crippen LogP contribution >= 0.6 is 39.1 Å². The van der Waals surface area contributed by atoms with E-state index in [1.54, 1.807) is 0 Å². The van der Waals surface area contributed by atoms with Gasteiger partial charge in [-0.3, -0.25) is 0 Å². The Bertz CT molecular complexity index is 408. The molecule has 0 amide bonds. The minimum Gasteiger partial charge on any atom is -0.822 e. The quantitative estimate of drug-likeness (QED) is 0.165. The summed E-state index contributed by atoms with van der Waals surface area (Å²) in [5.41, 5.74) is 0. The van der Waals surface area contributed by atoms with Gasteiger partial charge >= 0.3 is 196 Å². The molecule has 0 unspecified atom stereocenters. The first-order chi connectivity index (χ1) is 10.0. The average molecular weight is 732 g/mol. The van der Waals surface area contributed by atoms with Crippen LogP contribution in [0.2, 0.25) is 0 Å². The van der Waals surface area contributed by atoms with Crippen LogP contribution in [-0.2, 0) is 74.0 Å². The van der Waals surface area contributed by atoms with Gasteiger partial charge in [0.25, 0.3) is 0 Å². The van der Waals surface area contributed by atoms with Crippen molar-refractivity contribution in [3.05, 3.63) is 0 Å². The van der Waals surface area contributed by atoms with Crippen LogP contribution in [0, 0.1) is 0 Å². The van der Waals surface area contributed by atoms with Crippen molar-refractivity contribution in [2.45, 2.75) is 0 Å². The van der Waals surface area contributed by atoms with E-state index in [0.717, 1.165) is 0 Å². The molecule has 0 fully saturated rings. The summed E-state index contributed by atoms with van der Waals surface area (Å²) in [4.78, 5) is 128. The second-order valence-electron chi connectivity index (χ2n) is 2.24. The molecule has 0 atom stereocenters. The predicted molar refractivity (Wildman–Crippen MR) is 38.0 cm³/mol. The number of hydrogen-bond donors (Lipinski definition) is 0. The minimum absolute atomic E-state index is 0. The third kappa shape index (κ3) is 1170. The van der Waals surface area contributed by atoms with E-state index in [4.69, 9.17) is 96.2 Å². The maximum absolute atomic E-state index is 8.55. The Hall–Kier alpha value is 6.90. The molecule has 0 spiro atoms. The average Bonchev–Trinajstić information content (AvgIpc) is 1.79. The molecule has 20 nitrogen and oxygen atoms in total. The molecule has 175 valence electrons. The van der Waals surface area contributed by atoms with Gasteiger partial charge in [0, 0.05) is 0 Å². The summed E-state index contributed by atoms with van der Waals surface area (Å²) in [5, 5.41) is 0. The van der Waals surface area contributed by atoms with E-state index in [2.05, 4.69) is 0 Å². The second-order valence-corrected chi connectivity index (χ2v) is 6.71. The van der Waals surface area contributed by atoms with Gasteiger partial charge in [0.1, 0.15) is 0 Å². The molecule has 0 heterocycles. The fraction of sp³-hybridized carbons (Fsp3) is 0. The van der Waals surface area contributed by atoms with Gasteiger partial charge in [-0.25, -0.2) is 0 Å². The predicted octanol–water partition coefficient (Wildman–Crippen LogP) is -32.1. The summed E-state index contributed by atoms with van der Waals surface area (Å²) in [6.07, 6.45) is 0. The van der Waals surface area contributed by atoms with Crippen LogP contribution in [-0.4, -0.2) is 0 Å². The summed E-state index contributed by atoms with van der Waals surface area (Å²) in [6, 6.07) is 0. The van der Waals surface area contributed by atoms with Gasteiger partial charge in [-0.05, 0) is 0 Å². The first-order valence-corrected chi connectivity index (χ1v) is 11.0. The third-order valence-corrected chi connectivity index (χ3v) is 0. The molecule has 0 aromatic carbocycles. The Balaban J connectivity index is -0.0000000115. The van der Waals surface area contributed by atoms with Crippen molar-refractivity contribution >= 4 is 39.1 Å². The van der Waals surface area contributed by atoms with E-state index in [1.807, 2.05) is 0 Å². The van der Waals surface area contributed by atoms with Gasteiger partial charge in [0.2, 0.25) is 0 Å². The summed E-state index contributed by atoms with van der Waals surface area (Å²) >= 11 is 0. The Kier molecular flexibility index (Phi) is 117. The van der Waals surface area contributed by atoms with Gasteiger partial charge in [-0.15, -0.1) is 0 Å². The van der Waals surface area contributed by atoms with Crippen molar-refractivity contribution in [2.75, 3.05) is 0 Å². The van der Waals surface area contributed by atoms with Gasteiger partial charge in [-0.1, -0.05) is 0 Å². The molecule has 0 rings (SSSR count). The molecule has 0 saturated heterocycles. The molecular formula is Fe3Li3Na3O20P5. The molecule has 34 heavy (non-hydrogen) atoms. The summed E-state index contributed by atoms with van der Waals surface area (Å²) in [6.45, 7) is 0. The van der Waals surface area contributed by atoms with Gasteiger partial charge in [-0.2, -0.15) is 39.1 Å². The maximum Gasteiger partial charge on any atom is 3.00 e. The van der Waals surface area contributed by atoms with Crippen molar-refractivity contribution < 1.29 is 293 Å². The van der Waals surface area contributed by atoms with Crippen molar-refractivity contribution in [1.29, 1.82) is 0 Å². The normalized spacial score (nSPS) is 8.68. The number of hydrogen-bond acceptors (Lipinski definition) is 20. The van der Waals surface area contributed by atoms with E-state index >= 15 is 0 Å². The molecule has 0 saturated carbocycles. The number of rotatable bonds is 0. The van der Waals surface area contributed by atoms with E-state index in [1.165, 1.54) is 0 Å². The van der Waals surface area contributed by atoms with E-state index < -0.39 is 39.1 Å². The van der Waals surface area contributed by atoms with Crippen molar-refractivity contribution in [2.24, 2.45) is 0 Å². The minimum atomic E-state index is -5.39. The third-order valence-electron chi connectivity index (χ3n) is 0. The fourth-order valence-corrected chi connectivity index (χ4v) is 0. The molecular weight excluding hydrogens is 732 g/mol. The Morgan fingerprint density at radius 2 is 0.265 bits per heavy atom. The monoisotopic (exact) mass is 733 g/mol. The summed E-state index contributed by atoms with van der Waals surface area (Å²) < 4.78 is 42.7. The van der Waals surface area contributed by atoms with Crippen LogP contribution in [0.1, 0.15) is 0 Å². The zero-order valence-corrected chi connectivity index (χ0v) is 31.2.